The molecule has 0 saturated carbocycles. The zero-order valence-corrected chi connectivity index (χ0v) is 20.5. The predicted octanol–water partition coefficient (Wildman–Crippen LogP) is 4.39. The first kappa shape index (κ1) is 23.3. The summed E-state index contributed by atoms with van der Waals surface area (Å²) in [6.45, 7) is 8.22. The lowest BCUT2D eigenvalue weighted by atomic mass is 10.1. The minimum Gasteiger partial charge on any atom is -0.444 e. The topological polar surface area (TPSA) is 99.7 Å². The van der Waals surface area contributed by atoms with Crippen LogP contribution in [0.1, 0.15) is 26.5 Å². The summed E-state index contributed by atoms with van der Waals surface area (Å²) in [5, 5.41) is 8.99. The van der Waals surface area contributed by atoms with Crippen LogP contribution in [0.2, 0.25) is 0 Å². The van der Waals surface area contributed by atoms with Crippen LogP contribution in [-0.4, -0.2) is 62.1 Å². The molecule has 0 unspecified atom stereocenters. The van der Waals surface area contributed by atoms with Crippen molar-refractivity contribution in [1.29, 1.82) is 5.26 Å². The number of carbonyl (C=O) groups excluding carboxylic acids is 1. The molecule has 1 aliphatic heterocycles. The normalized spacial score (nSPS) is 14.1. The van der Waals surface area contributed by atoms with Crippen LogP contribution in [-0.2, 0) is 4.74 Å². The molecule has 0 spiro atoms. The summed E-state index contributed by atoms with van der Waals surface area (Å²) in [5.41, 5.74) is 4.51. The van der Waals surface area contributed by atoms with Crippen LogP contribution in [0.3, 0.4) is 0 Å². The van der Waals surface area contributed by atoms with Gasteiger partial charge in [-0.1, -0.05) is 0 Å². The molecule has 4 aromatic rings. The van der Waals surface area contributed by atoms with Crippen LogP contribution in [0.4, 0.5) is 10.6 Å². The van der Waals surface area contributed by atoms with Crippen LogP contribution in [0, 0.1) is 11.3 Å². The van der Waals surface area contributed by atoms with Crippen molar-refractivity contribution in [3.8, 4) is 28.5 Å². The third kappa shape index (κ3) is 4.84. The number of carbonyl (C=O) groups is 1. The number of imidazole rings is 1. The van der Waals surface area contributed by atoms with Crippen molar-refractivity contribution in [1.82, 2.24) is 24.3 Å². The predicted molar refractivity (Wildman–Crippen MR) is 136 cm³/mol. The molecule has 0 aliphatic carbocycles. The Morgan fingerprint density at radius 3 is 2.25 bits per heavy atom. The molecule has 1 aliphatic rings. The second-order valence-electron chi connectivity index (χ2n) is 9.69. The van der Waals surface area contributed by atoms with E-state index in [1.165, 1.54) is 0 Å². The van der Waals surface area contributed by atoms with Gasteiger partial charge in [-0.2, -0.15) is 5.26 Å². The molecule has 4 aromatic heterocycles. The summed E-state index contributed by atoms with van der Waals surface area (Å²) in [7, 11) is 0. The van der Waals surface area contributed by atoms with Gasteiger partial charge in [-0.3, -0.25) is 4.40 Å². The standard InChI is InChI=1S/C27H27N7O2/c1-27(2,3)36-26(35)33-12-10-32(11-13-33)24-8-5-20(16-30-24)23-17-31-25-9-6-21(18-34(23)25)19-4-7-22(14-28)29-15-19/h4-9,15-18H,10-13H2,1-3H3. The molecule has 9 nitrogen and oxygen atoms in total. The van der Waals surface area contributed by atoms with Crippen molar-refractivity contribution < 1.29 is 9.53 Å². The number of aromatic nitrogens is 4. The zero-order chi connectivity index (χ0) is 25.3. The van der Waals surface area contributed by atoms with E-state index in [0.717, 1.165) is 33.8 Å². The average molecular weight is 482 g/mol. The fourth-order valence-electron chi connectivity index (χ4n) is 4.16. The Hall–Kier alpha value is -4.45. The van der Waals surface area contributed by atoms with E-state index in [1.807, 2.05) is 80.2 Å². The van der Waals surface area contributed by atoms with E-state index in [1.54, 1.807) is 17.2 Å². The zero-order valence-electron chi connectivity index (χ0n) is 20.5. The molecule has 0 radical (unpaired) electrons. The summed E-state index contributed by atoms with van der Waals surface area (Å²) < 4.78 is 7.52. The van der Waals surface area contributed by atoms with Gasteiger partial charge in [0.2, 0.25) is 0 Å². The number of amides is 1. The van der Waals surface area contributed by atoms with Crippen LogP contribution in [0.5, 0.6) is 0 Å². The second kappa shape index (κ2) is 9.30. The third-order valence-electron chi connectivity index (χ3n) is 6.02. The molecule has 0 bridgehead atoms. The summed E-state index contributed by atoms with van der Waals surface area (Å²) in [4.78, 5) is 29.7. The van der Waals surface area contributed by atoms with Gasteiger partial charge in [-0.15, -0.1) is 0 Å². The highest BCUT2D eigenvalue weighted by atomic mass is 16.6. The monoisotopic (exact) mass is 481 g/mol. The highest BCUT2D eigenvalue weighted by Gasteiger charge is 2.26. The molecular weight excluding hydrogens is 454 g/mol. The second-order valence-corrected chi connectivity index (χ2v) is 9.69. The van der Waals surface area contributed by atoms with E-state index in [2.05, 4.69) is 14.9 Å². The van der Waals surface area contributed by atoms with Crippen LogP contribution < -0.4 is 4.90 Å². The summed E-state index contributed by atoms with van der Waals surface area (Å²) in [6.07, 6.45) is 7.15. The number of nitrogens with zero attached hydrogens (tertiary/aromatic N) is 7. The molecule has 1 saturated heterocycles. The minimum absolute atomic E-state index is 0.269. The third-order valence-corrected chi connectivity index (χ3v) is 6.02. The van der Waals surface area contributed by atoms with E-state index in [0.29, 0.717) is 31.9 Å². The van der Waals surface area contributed by atoms with Crippen molar-refractivity contribution >= 4 is 17.6 Å². The first-order valence-corrected chi connectivity index (χ1v) is 11.8. The van der Waals surface area contributed by atoms with Crippen molar-refractivity contribution in [2.45, 2.75) is 26.4 Å². The number of piperazine rings is 1. The van der Waals surface area contributed by atoms with E-state index >= 15 is 0 Å². The number of hydrogen-bond donors (Lipinski definition) is 0. The summed E-state index contributed by atoms with van der Waals surface area (Å²) in [5.74, 6) is 0.876. The van der Waals surface area contributed by atoms with Gasteiger partial charge in [0.25, 0.3) is 0 Å². The number of fused-ring (bicyclic) bond motifs is 1. The maximum atomic E-state index is 12.3. The number of ether oxygens (including phenoxy) is 1. The Morgan fingerprint density at radius 1 is 0.889 bits per heavy atom. The van der Waals surface area contributed by atoms with Gasteiger partial charge in [0, 0.05) is 61.5 Å². The number of hydrogen-bond acceptors (Lipinski definition) is 7. The smallest absolute Gasteiger partial charge is 0.410 e. The minimum atomic E-state index is -0.497. The summed E-state index contributed by atoms with van der Waals surface area (Å²) in [6, 6.07) is 13.7. The Labute approximate surface area is 209 Å². The molecule has 182 valence electrons. The molecule has 0 atom stereocenters. The molecule has 5 heterocycles. The molecule has 5 rings (SSSR count). The van der Waals surface area contributed by atoms with Crippen LogP contribution in [0.15, 0.2) is 61.2 Å². The number of pyridine rings is 3. The van der Waals surface area contributed by atoms with Crippen molar-refractivity contribution in [2.24, 2.45) is 0 Å². The molecule has 1 fully saturated rings. The largest absolute Gasteiger partial charge is 0.444 e. The fraction of sp³-hybridized carbons (Fsp3) is 0.296. The lowest BCUT2D eigenvalue weighted by Gasteiger charge is -2.36. The Bertz CT molecular complexity index is 1420. The Kier molecular flexibility index (Phi) is 6.02. The van der Waals surface area contributed by atoms with Crippen molar-refractivity contribution in [3.05, 3.63) is 66.9 Å². The quantitative estimate of drug-likeness (QED) is 0.428. The van der Waals surface area contributed by atoms with Crippen molar-refractivity contribution in [2.75, 3.05) is 31.1 Å². The average Bonchev–Trinajstić information content (AvgIpc) is 3.31. The number of anilines is 1. The SMILES string of the molecule is CC(C)(C)OC(=O)N1CCN(c2ccc(-c3cnc4ccc(-c5ccc(C#N)nc5)cn34)cn2)CC1. The van der Waals surface area contributed by atoms with Crippen LogP contribution >= 0.6 is 0 Å². The Morgan fingerprint density at radius 2 is 1.61 bits per heavy atom. The number of rotatable bonds is 3. The van der Waals surface area contributed by atoms with Gasteiger partial charge in [-0.05, 0) is 57.2 Å². The first-order valence-electron chi connectivity index (χ1n) is 11.8. The molecule has 0 aromatic carbocycles. The van der Waals surface area contributed by atoms with E-state index in [4.69, 9.17) is 15.0 Å². The van der Waals surface area contributed by atoms with Gasteiger partial charge in [0.05, 0.1) is 11.9 Å². The molecule has 36 heavy (non-hydrogen) atoms. The maximum absolute atomic E-state index is 12.3. The van der Waals surface area contributed by atoms with Gasteiger partial charge in [0.1, 0.15) is 28.8 Å². The molecular formula is C27H27N7O2. The highest BCUT2D eigenvalue weighted by Crippen LogP contribution is 2.26. The van der Waals surface area contributed by atoms with Gasteiger partial charge in [-0.25, -0.2) is 19.7 Å². The highest BCUT2D eigenvalue weighted by molar-refractivity contribution is 5.70. The lowest BCUT2D eigenvalue weighted by molar-refractivity contribution is 0.0240. The van der Waals surface area contributed by atoms with Gasteiger partial charge < -0.3 is 14.5 Å². The number of nitriles is 1. The van der Waals surface area contributed by atoms with E-state index < -0.39 is 5.60 Å². The molecule has 1 amide bonds. The van der Waals surface area contributed by atoms with E-state index in [9.17, 15) is 4.79 Å². The van der Waals surface area contributed by atoms with Gasteiger partial charge >= 0.3 is 6.09 Å². The Balaban J connectivity index is 1.31. The lowest BCUT2D eigenvalue weighted by Crippen LogP contribution is -2.50. The van der Waals surface area contributed by atoms with Crippen LogP contribution in [0.25, 0.3) is 28.0 Å². The summed E-state index contributed by atoms with van der Waals surface area (Å²) >= 11 is 0. The molecule has 0 N–H and O–H groups in total. The van der Waals surface area contributed by atoms with E-state index in [-0.39, 0.29) is 6.09 Å². The fourth-order valence-corrected chi connectivity index (χ4v) is 4.16. The van der Waals surface area contributed by atoms with Gasteiger partial charge in [0.15, 0.2) is 0 Å². The first-order chi connectivity index (χ1) is 17.3. The molecule has 9 heteroatoms. The maximum Gasteiger partial charge on any atom is 0.410 e. The van der Waals surface area contributed by atoms with Crippen molar-refractivity contribution in [3.63, 3.8) is 0 Å².